The van der Waals surface area contributed by atoms with Gasteiger partial charge in [-0.3, -0.25) is 4.79 Å². The van der Waals surface area contributed by atoms with E-state index >= 15 is 0 Å². The molecular formula is C16H17ClN2O3S. The van der Waals surface area contributed by atoms with Crippen LogP contribution in [0.2, 0.25) is 5.02 Å². The maximum Gasteiger partial charge on any atom is 0.350 e. The summed E-state index contributed by atoms with van der Waals surface area (Å²) in [5.74, 6) is -0.562. The van der Waals surface area contributed by atoms with E-state index in [9.17, 15) is 9.59 Å². The fraction of sp³-hybridized carbons (Fsp3) is 0.312. The molecule has 1 aromatic carbocycles. The molecule has 0 saturated heterocycles. The van der Waals surface area contributed by atoms with Crippen molar-refractivity contribution in [2.45, 2.75) is 26.7 Å². The Labute approximate surface area is 143 Å². The minimum absolute atomic E-state index is 0.149. The number of rotatable bonds is 6. The fourth-order valence-electron chi connectivity index (χ4n) is 1.93. The maximum absolute atomic E-state index is 12.0. The third kappa shape index (κ3) is 5.04. The van der Waals surface area contributed by atoms with Gasteiger partial charge in [-0.25, -0.2) is 9.78 Å². The van der Waals surface area contributed by atoms with E-state index in [-0.39, 0.29) is 5.91 Å². The molecule has 2 rings (SSSR count). The number of hydrogen-bond donors (Lipinski definition) is 1. The van der Waals surface area contributed by atoms with Crippen LogP contribution in [0.1, 0.15) is 34.3 Å². The van der Waals surface area contributed by atoms with Crippen molar-refractivity contribution in [1.29, 1.82) is 0 Å². The minimum Gasteiger partial charge on any atom is -0.462 e. The van der Waals surface area contributed by atoms with Crippen molar-refractivity contribution in [3.05, 3.63) is 45.4 Å². The van der Waals surface area contributed by atoms with Gasteiger partial charge in [0.2, 0.25) is 5.91 Å². The lowest BCUT2D eigenvalue weighted by atomic mass is 10.1. The van der Waals surface area contributed by atoms with Crippen molar-refractivity contribution in [3.63, 3.8) is 0 Å². The Morgan fingerprint density at radius 3 is 2.65 bits per heavy atom. The molecule has 7 heteroatoms. The zero-order valence-corrected chi connectivity index (χ0v) is 14.5. The first-order valence-corrected chi connectivity index (χ1v) is 8.38. The van der Waals surface area contributed by atoms with Gasteiger partial charge in [0.25, 0.3) is 0 Å². The van der Waals surface area contributed by atoms with Gasteiger partial charge in [0.1, 0.15) is 4.88 Å². The molecule has 2 aromatic rings. The van der Waals surface area contributed by atoms with Crippen molar-refractivity contribution in [3.8, 4) is 0 Å². The summed E-state index contributed by atoms with van der Waals surface area (Å²) in [5, 5.41) is 3.79. The molecule has 1 aromatic heterocycles. The van der Waals surface area contributed by atoms with Crippen LogP contribution in [0.4, 0.5) is 5.13 Å². The Hall–Kier alpha value is -1.92. The summed E-state index contributed by atoms with van der Waals surface area (Å²) >= 11 is 6.95. The average molecular weight is 353 g/mol. The topological polar surface area (TPSA) is 68.3 Å². The van der Waals surface area contributed by atoms with E-state index in [1.54, 1.807) is 26.0 Å². The molecule has 1 heterocycles. The van der Waals surface area contributed by atoms with Crippen molar-refractivity contribution in [2.24, 2.45) is 0 Å². The van der Waals surface area contributed by atoms with Crippen LogP contribution in [-0.4, -0.2) is 23.5 Å². The number of nitrogens with one attached hydrogen (secondary N) is 1. The molecule has 0 spiro atoms. The lowest BCUT2D eigenvalue weighted by Crippen LogP contribution is -2.12. The zero-order valence-electron chi connectivity index (χ0n) is 12.9. The van der Waals surface area contributed by atoms with Gasteiger partial charge in [-0.15, -0.1) is 0 Å². The molecule has 0 aliphatic heterocycles. The van der Waals surface area contributed by atoms with Crippen molar-refractivity contribution >= 4 is 39.9 Å². The highest BCUT2D eigenvalue weighted by atomic mass is 35.5. The molecule has 0 unspecified atom stereocenters. The lowest BCUT2D eigenvalue weighted by molar-refractivity contribution is -0.116. The largest absolute Gasteiger partial charge is 0.462 e. The van der Waals surface area contributed by atoms with Crippen LogP contribution in [0.25, 0.3) is 0 Å². The van der Waals surface area contributed by atoms with E-state index in [0.29, 0.717) is 40.2 Å². The first kappa shape index (κ1) is 17.4. The summed E-state index contributed by atoms with van der Waals surface area (Å²) in [6.45, 7) is 3.76. The summed E-state index contributed by atoms with van der Waals surface area (Å²) in [5.41, 5.74) is 1.59. The van der Waals surface area contributed by atoms with Crippen LogP contribution < -0.4 is 5.32 Å². The number of hydrogen-bond acceptors (Lipinski definition) is 5. The Morgan fingerprint density at radius 1 is 1.30 bits per heavy atom. The number of carbonyl (C=O) groups excluding carboxylic acids is 2. The van der Waals surface area contributed by atoms with Crippen LogP contribution in [-0.2, 0) is 16.0 Å². The SMILES string of the molecule is CCOC(=O)c1sc(NC(=O)CCc2ccc(Cl)cc2)nc1C. The molecule has 23 heavy (non-hydrogen) atoms. The van der Waals surface area contributed by atoms with Gasteiger partial charge >= 0.3 is 5.97 Å². The van der Waals surface area contributed by atoms with Crippen molar-refractivity contribution in [2.75, 3.05) is 11.9 Å². The van der Waals surface area contributed by atoms with Crippen LogP contribution in [0.5, 0.6) is 0 Å². The first-order valence-electron chi connectivity index (χ1n) is 7.18. The van der Waals surface area contributed by atoms with Gasteiger partial charge in [-0.1, -0.05) is 35.1 Å². The predicted molar refractivity (Wildman–Crippen MR) is 91.2 cm³/mol. The fourth-order valence-corrected chi connectivity index (χ4v) is 2.93. The Bertz CT molecular complexity index is 698. The highest BCUT2D eigenvalue weighted by molar-refractivity contribution is 7.17. The molecule has 5 nitrogen and oxygen atoms in total. The Kier molecular flexibility index (Phi) is 6.12. The van der Waals surface area contributed by atoms with Crippen LogP contribution in [0, 0.1) is 6.92 Å². The molecule has 0 fully saturated rings. The molecule has 0 saturated carbocycles. The number of carbonyl (C=O) groups is 2. The highest BCUT2D eigenvalue weighted by Crippen LogP contribution is 2.23. The van der Waals surface area contributed by atoms with Gasteiger partial charge in [0.05, 0.1) is 12.3 Å². The zero-order chi connectivity index (χ0) is 16.8. The second-order valence-corrected chi connectivity index (χ2v) is 6.26. The van der Waals surface area contributed by atoms with Crippen LogP contribution in [0.15, 0.2) is 24.3 Å². The smallest absolute Gasteiger partial charge is 0.350 e. The monoisotopic (exact) mass is 352 g/mol. The summed E-state index contributed by atoms with van der Waals surface area (Å²) in [6.07, 6.45) is 0.938. The van der Waals surface area contributed by atoms with Gasteiger partial charge < -0.3 is 10.1 Å². The molecule has 0 aliphatic rings. The number of aromatic nitrogens is 1. The van der Waals surface area contributed by atoms with E-state index in [0.717, 1.165) is 16.9 Å². The second kappa shape index (κ2) is 8.08. The van der Waals surface area contributed by atoms with Gasteiger partial charge in [-0.2, -0.15) is 0 Å². The number of esters is 1. The summed E-state index contributed by atoms with van der Waals surface area (Å²) < 4.78 is 4.95. The number of nitrogens with zero attached hydrogens (tertiary/aromatic N) is 1. The third-order valence-corrected chi connectivity index (χ3v) is 4.36. The van der Waals surface area contributed by atoms with Crippen LogP contribution in [0.3, 0.4) is 0 Å². The lowest BCUT2D eigenvalue weighted by Gasteiger charge is -2.02. The number of ether oxygens (including phenoxy) is 1. The molecule has 1 amide bonds. The molecule has 0 bridgehead atoms. The number of anilines is 1. The average Bonchev–Trinajstić information content (AvgIpc) is 2.87. The third-order valence-electron chi connectivity index (χ3n) is 3.06. The molecule has 0 radical (unpaired) electrons. The molecule has 0 aliphatic carbocycles. The standard InChI is InChI=1S/C16H17ClN2O3S/c1-3-22-15(21)14-10(2)18-16(23-14)19-13(20)9-6-11-4-7-12(17)8-5-11/h4-5,7-8H,3,6,9H2,1-2H3,(H,18,19,20). The quantitative estimate of drug-likeness (QED) is 0.802. The molecule has 0 atom stereocenters. The normalized spacial score (nSPS) is 10.4. The van der Waals surface area contributed by atoms with E-state index in [4.69, 9.17) is 16.3 Å². The highest BCUT2D eigenvalue weighted by Gasteiger charge is 2.17. The number of benzene rings is 1. The van der Waals surface area contributed by atoms with Crippen LogP contribution >= 0.6 is 22.9 Å². The Balaban J connectivity index is 1.91. The number of thiazole rings is 1. The van der Waals surface area contributed by atoms with E-state index < -0.39 is 5.97 Å². The maximum atomic E-state index is 12.0. The number of amides is 1. The summed E-state index contributed by atoms with van der Waals surface area (Å²) in [6, 6.07) is 7.37. The second-order valence-electron chi connectivity index (χ2n) is 4.83. The Morgan fingerprint density at radius 2 is 2.00 bits per heavy atom. The van der Waals surface area contributed by atoms with E-state index in [2.05, 4.69) is 10.3 Å². The summed E-state index contributed by atoms with van der Waals surface area (Å²) in [4.78, 5) is 28.3. The molecule has 122 valence electrons. The molecule has 1 N–H and O–H groups in total. The van der Waals surface area contributed by atoms with E-state index in [1.807, 2.05) is 12.1 Å². The van der Waals surface area contributed by atoms with Crippen molar-refractivity contribution in [1.82, 2.24) is 4.98 Å². The van der Waals surface area contributed by atoms with Gasteiger partial charge in [-0.05, 0) is 38.0 Å². The summed E-state index contributed by atoms with van der Waals surface area (Å²) in [7, 11) is 0. The minimum atomic E-state index is -0.413. The van der Waals surface area contributed by atoms with Gasteiger partial charge in [0.15, 0.2) is 5.13 Å². The van der Waals surface area contributed by atoms with E-state index in [1.165, 1.54) is 0 Å². The first-order chi connectivity index (χ1) is 11.0. The predicted octanol–water partition coefficient (Wildman–Crippen LogP) is 3.85. The number of halogens is 1. The van der Waals surface area contributed by atoms with Gasteiger partial charge in [0, 0.05) is 11.4 Å². The van der Waals surface area contributed by atoms with Crippen molar-refractivity contribution < 1.29 is 14.3 Å². The number of aryl methyl sites for hydroxylation is 2. The molecular weight excluding hydrogens is 336 g/mol.